The fourth-order valence-corrected chi connectivity index (χ4v) is 4.74. The molecule has 0 aliphatic carbocycles. The van der Waals surface area contributed by atoms with E-state index in [2.05, 4.69) is 98.8 Å². The van der Waals surface area contributed by atoms with Crippen molar-refractivity contribution in [2.24, 2.45) is 0 Å². The number of nitrogens with zero attached hydrogens (tertiary/aromatic N) is 5. The van der Waals surface area contributed by atoms with Gasteiger partial charge in [0.05, 0.1) is 11.0 Å². The van der Waals surface area contributed by atoms with Gasteiger partial charge in [0.1, 0.15) is 5.82 Å². The molecule has 0 bridgehead atoms. The molecule has 6 nitrogen and oxygen atoms in total. The molecule has 0 atom stereocenters. The quantitative estimate of drug-likeness (QED) is 0.299. The molecular formula is C29H26N6. The number of benzene rings is 4. The Bertz CT molecular complexity index is 1600. The topological polar surface area (TPSA) is 72.3 Å². The van der Waals surface area contributed by atoms with Crippen LogP contribution in [0.1, 0.15) is 31.2 Å². The highest BCUT2D eigenvalue weighted by Crippen LogP contribution is 2.30. The fourth-order valence-electron chi connectivity index (χ4n) is 4.74. The highest BCUT2D eigenvalue weighted by Gasteiger charge is 2.14. The van der Waals surface area contributed by atoms with E-state index in [1.165, 1.54) is 21.9 Å². The summed E-state index contributed by atoms with van der Waals surface area (Å²) in [5.41, 5.74) is 6.69. The predicted octanol–water partition coefficient (Wildman–Crippen LogP) is 6.43. The van der Waals surface area contributed by atoms with Crippen molar-refractivity contribution < 1.29 is 0 Å². The van der Waals surface area contributed by atoms with Gasteiger partial charge >= 0.3 is 0 Å². The van der Waals surface area contributed by atoms with Gasteiger partial charge in [-0.05, 0) is 51.2 Å². The number of tetrazole rings is 1. The zero-order chi connectivity index (χ0) is 23.6. The van der Waals surface area contributed by atoms with Crippen LogP contribution in [0.2, 0.25) is 0 Å². The Morgan fingerprint density at radius 1 is 0.829 bits per heavy atom. The molecule has 172 valence electrons. The van der Waals surface area contributed by atoms with Gasteiger partial charge in [-0.2, -0.15) is 5.21 Å². The zero-order valence-electron chi connectivity index (χ0n) is 19.6. The summed E-state index contributed by atoms with van der Waals surface area (Å²) in [7, 11) is 0. The van der Waals surface area contributed by atoms with E-state index in [-0.39, 0.29) is 0 Å². The first kappa shape index (κ1) is 21.2. The van der Waals surface area contributed by atoms with Gasteiger partial charge in [0.15, 0.2) is 0 Å². The zero-order valence-corrected chi connectivity index (χ0v) is 19.6. The van der Waals surface area contributed by atoms with Crippen LogP contribution < -0.4 is 0 Å². The molecule has 0 radical (unpaired) electrons. The van der Waals surface area contributed by atoms with Gasteiger partial charge in [0.2, 0.25) is 5.82 Å². The summed E-state index contributed by atoms with van der Waals surface area (Å²) in [6.45, 7) is 3.02. The van der Waals surface area contributed by atoms with Crippen molar-refractivity contribution in [3.63, 3.8) is 0 Å². The molecule has 6 heteroatoms. The monoisotopic (exact) mass is 458 g/mol. The minimum Gasteiger partial charge on any atom is -0.323 e. The minimum atomic E-state index is 0.599. The Morgan fingerprint density at radius 3 is 2.31 bits per heavy atom. The van der Waals surface area contributed by atoms with E-state index in [0.29, 0.717) is 5.82 Å². The lowest BCUT2D eigenvalue weighted by Crippen LogP contribution is -2.05. The maximum absolute atomic E-state index is 5.04. The number of hydrogen-bond donors (Lipinski definition) is 1. The van der Waals surface area contributed by atoms with Crippen LogP contribution in [0.5, 0.6) is 0 Å². The number of aromatic nitrogens is 6. The summed E-state index contributed by atoms with van der Waals surface area (Å²) in [6.07, 6.45) is 3.27. The van der Waals surface area contributed by atoms with Crippen LogP contribution in [0.15, 0.2) is 84.9 Å². The number of imidazole rings is 1. The van der Waals surface area contributed by atoms with Gasteiger partial charge in [-0.3, -0.25) is 0 Å². The normalized spacial score (nSPS) is 11.5. The number of fused-ring (bicyclic) bond motifs is 2. The van der Waals surface area contributed by atoms with E-state index < -0.39 is 0 Å². The summed E-state index contributed by atoms with van der Waals surface area (Å²) in [4.78, 5) is 5.04. The van der Waals surface area contributed by atoms with E-state index in [4.69, 9.17) is 4.98 Å². The van der Waals surface area contributed by atoms with Crippen LogP contribution >= 0.6 is 0 Å². The largest absolute Gasteiger partial charge is 0.323 e. The molecule has 2 aromatic heterocycles. The highest BCUT2D eigenvalue weighted by molar-refractivity contribution is 5.95. The van der Waals surface area contributed by atoms with Gasteiger partial charge in [0, 0.05) is 18.5 Å². The molecule has 35 heavy (non-hydrogen) atoms. The van der Waals surface area contributed by atoms with Crippen LogP contribution in [0.4, 0.5) is 0 Å². The highest BCUT2D eigenvalue weighted by atomic mass is 15.5. The van der Waals surface area contributed by atoms with Gasteiger partial charge in [0.25, 0.3) is 0 Å². The Labute approximate surface area is 203 Å². The lowest BCUT2D eigenvalue weighted by Gasteiger charge is -2.12. The number of hydrogen-bond acceptors (Lipinski definition) is 4. The van der Waals surface area contributed by atoms with E-state index in [9.17, 15) is 0 Å². The van der Waals surface area contributed by atoms with Gasteiger partial charge < -0.3 is 4.57 Å². The maximum atomic E-state index is 5.04. The van der Waals surface area contributed by atoms with Crippen LogP contribution in [0.3, 0.4) is 0 Å². The molecule has 2 heterocycles. The number of rotatable bonds is 7. The fraction of sp³-hybridized carbons (Fsp3) is 0.172. The van der Waals surface area contributed by atoms with Crippen LogP contribution in [-0.4, -0.2) is 30.2 Å². The molecule has 0 saturated heterocycles. The summed E-state index contributed by atoms with van der Waals surface area (Å²) >= 11 is 0. The molecule has 0 saturated carbocycles. The number of unbranched alkanes of at least 4 members (excludes halogenated alkanes) is 1. The minimum absolute atomic E-state index is 0.599. The second-order valence-corrected chi connectivity index (χ2v) is 8.88. The third-order valence-corrected chi connectivity index (χ3v) is 6.57. The Balaban J connectivity index is 1.37. The first-order valence-corrected chi connectivity index (χ1v) is 12.1. The second-order valence-electron chi connectivity index (χ2n) is 8.88. The van der Waals surface area contributed by atoms with Gasteiger partial charge in [-0.1, -0.05) is 86.1 Å². The van der Waals surface area contributed by atoms with Crippen molar-refractivity contribution in [2.45, 2.75) is 32.7 Å². The average molecular weight is 459 g/mol. The third-order valence-electron chi connectivity index (χ3n) is 6.57. The molecular weight excluding hydrogens is 432 g/mol. The van der Waals surface area contributed by atoms with E-state index in [1.807, 2.05) is 18.2 Å². The summed E-state index contributed by atoms with van der Waals surface area (Å²) in [6, 6.07) is 29.9. The van der Waals surface area contributed by atoms with Gasteiger partial charge in [-0.25, -0.2) is 4.98 Å². The lowest BCUT2D eigenvalue weighted by molar-refractivity contribution is 0.690. The van der Waals surface area contributed by atoms with E-state index in [0.717, 1.165) is 53.8 Å². The molecule has 0 amide bonds. The molecule has 6 aromatic rings. The number of aryl methyl sites for hydroxylation is 1. The SMILES string of the molecule is CCCCc1nc2cc3ccccc3cc2n1Cc1ccc(-c2ccccc2-c2nn[nH]n2)cc1. The molecule has 0 fully saturated rings. The lowest BCUT2D eigenvalue weighted by atomic mass is 9.98. The van der Waals surface area contributed by atoms with Crippen LogP contribution in [0.25, 0.3) is 44.3 Å². The maximum Gasteiger partial charge on any atom is 0.205 e. The standard InChI is InChI=1S/C29H26N6/c1-2-3-12-28-30-26-17-22-8-4-5-9-23(22)18-27(26)35(28)19-20-13-15-21(16-14-20)24-10-6-7-11-25(24)29-31-33-34-32-29/h4-11,13-18H,2-3,12,19H2,1H3,(H,31,32,33,34). The molecule has 4 aromatic carbocycles. The molecule has 6 rings (SSSR count). The molecule has 0 spiro atoms. The first-order chi connectivity index (χ1) is 17.3. The van der Waals surface area contributed by atoms with Gasteiger partial charge in [-0.15, -0.1) is 10.2 Å². The smallest absolute Gasteiger partial charge is 0.205 e. The van der Waals surface area contributed by atoms with E-state index in [1.54, 1.807) is 0 Å². The molecule has 0 unspecified atom stereocenters. The Kier molecular flexibility index (Phi) is 5.54. The van der Waals surface area contributed by atoms with Crippen molar-refractivity contribution in [3.05, 3.63) is 96.3 Å². The molecule has 0 aliphatic rings. The van der Waals surface area contributed by atoms with Crippen molar-refractivity contribution in [2.75, 3.05) is 0 Å². The number of nitrogens with one attached hydrogen (secondary N) is 1. The second kappa shape index (κ2) is 9.14. The van der Waals surface area contributed by atoms with Crippen molar-refractivity contribution in [1.82, 2.24) is 30.2 Å². The van der Waals surface area contributed by atoms with Crippen molar-refractivity contribution in [3.8, 4) is 22.5 Å². The number of aromatic amines is 1. The summed E-state index contributed by atoms with van der Waals surface area (Å²) < 4.78 is 2.39. The Hall–Kier alpha value is -4.32. The third kappa shape index (κ3) is 4.08. The number of H-pyrrole nitrogens is 1. The van der Waals surface area contributed by atoms with Crippen molar-refractivity contribution >= 4 is 21.8 Å². The van der Waals surface area contributed by atoms with Crippen LogP contribution in [0, 0.1) is 0 Å². The van der Waals surface area contributed by atoms with E-state index >= 15 is 0 Å². The Morgan fingerprint density at radius 2 is 1.57 bits per heavy atom. The summed E-state index contributed by atoms with van der Waals surface area (Å²) in [5.74, 6) is 1.76. The average Bonchev–Trinajstić information content (AvgIpc) is 3.55. The molecule has 1 N–H and O–H groups in total. The first-order valence-electron chi connectivity index (χ1n) is 12.1. The predicted molar refractivity (Wildman–Crippen MR) is 140 cm³/mol. The summed E-state index contributed by atoms with van der Waals surface area (Å²) in [5, 5.41) is 17.1. The van der Waals surface area contributed by atoms with Crippen LogP contribution in [-0.2, 0) is 13.0 Å². The van der Waals surface area contributed by atoms with Crippen molar-refractivity contribution in [1.29, 1.82) is 0 Å². The molecule has 0 aliphatic heterocycles.